The number of hydrogen-bond acceptors (Lipinski definition) is 4. The number of nitrogens with one attached hydrogen (secondary N) is 1. The molecule has 1 aromatic heterocycles. The maximum atomic E-state index is 4.34. The number of aromatic nitrogens is 1. The van der Waals surface area contributed by atoms with Gasteiger partial charge < -0.3 is 10.2 Å². The standard InChI is InChI=1S/C11H21N3S/c1-11(2,14(4)5)9(12-3)8-10-13-6-7-15-10/h6-7,9,12H,8H2,1-5H3. The third kappa shape index (κ3) is 3.00. The van der Waals surface area contributed by atoms with Crippen molar-refractivity contribution in [3.8, 4) is 0 Å². The van der Waals surface area contributed by atoms with Crippen LogP contribution in [0.3, 0.4) is 0 Å². The molecule has 1 aromatic rings. The van der Waals surface area contributed by atoms with Crippen LogP contribution in [0.4, 0.5) is 0 Å². The van der Waals surface area contributed by atoms with E-state index in [1.807, 2.05) is 18.6 Å². The SMILES string of the molecule is CNC(Cc1nccs1)C(C)(C)N(C)C. The quantitative estimate of drug-likeness (QED) is 0.828. The predicted octanol–water partition coefficient (Wildman–Crippen LogP) is 1.61. The van der Waals surface area contributed by atoms with Crippen LogP contribution < -0.4 is 5.32 Å². The Morgan fingerprint density at radius 2 is 2.20 bits per heavy atom. The van der Waals surface area contributed by atoms with Gasteiger partial charge in [-0.25, -0.2) is 4.98 Å². The summed E-state index contributed by atoms with van der Waals surface area (Å²) in [5.41, 5.74) is 0.125. The fourth-order valence-electron chi connectivity index (χ4n) is 1.55. The predicted molar refractivity (Wildman–Crippen MR) is 66.4 cm³/mol. The second kappa shape index (κ2) is 5.05. The number of nitrogens with zero attached hydrogens (tertiary/aromatic N) is 2. The van der Waals surface area contributed by atoms with Gasteiger partial charge in [-0.1, -0.05) is 0 Å². The average molecular weight is 227 g/mol. The van der Waals surface area contributed by atoms with E-state index in [9.17, 15) is 0 Å². The molecule has 1 unspecified atom stereocenters. The third-order valence-corrected chi connectivity index (χ3v) is 4.02. The van der Waals surface area contributed by atoms with Gasteiger partial charge in [-0.3, -0.25) is 0 Å². The van der Waals surface area contributed by atoms with Crippen molar-refractivity contribution in [1.29, 1.82) is 0 Å². The highest BCUT2D eigenvalue weighted by Crippen LogP contribution is 2.20. The Morgan fingerprint density at radius 3 is 2.60 bits per heavy atom. The molecule has 86 valence electrons. The van der Waals surface area contributed by atoms with Crippen molar-refractivity contribution in [2.75, 3.05) is 21.1 Å². The van der Waals surface area contributed by atoms with E-state index < -0.39 is 0 Å². The van der Waals surface area contributed by atoms with Gasteiger partial charge >= 0.3 is 0 Å². The van der Waals surface area contributed by atoms with Crippen molar-refractivity contribution in [2.45, 2.75) is 31.8 Å². The minimum absolute atomic E-state index is 0.125. The van der Waals surface area contributed by atoms with Crippen molar-refractivity contribution >= 4 is 11.3 Å². The normalized spacial score (nSPS) is 14.5. The van der Waals surface area contributed by atoms with Gasteiger partial charge in [0.15, 0.2) is 0 Å². The summed E-state index contributed by atoms with van der Waals surface area (Å²) in [7, 11) is 6.25. The molecule has 0 fully saturated rings. The van der Waals surface area contributed by atoms with Crippen LogP contribution in [0.5, 0.6) is 0 Å². The molecule has 1 atom stereocenters. The maximum absolute atomic E-state index is 4.34. The molecule has 0 saturated heterocycles. The van der Waals surface area contributed by atoms with E-state index in [0.29, 0.717) is 6.04 Å². The van der Waals surface area contributed by atoms with E-state index in [1.165, 1.54) is 5.01 Å². The molecular formula is C11H21N3S. The third-order valence-electron chi connectivity index (χ3n) is 3.22. The summed E-state index contributed by atoms with van der Waals surface area (Å²) in [6.45, 7) is 4.50. The lowest BCUT2D eigenvalue weighted by Gasteiger charge is -2.39. The van der Waals surface area contributed by atoms with Gasteiger partial charge in [0.05, 0.1) is 5.01 Å². The van der Waals surface area contributed by atoms with Gasteiger partial charge in [-0.2, -0.15) is 0 Å². The largest absolute Gasteiger partial charge is 0.315 e. The first-order valence-electron chi connectivity index (χ1n) is 5.21. The van der Waals surface area contributed by atoms with Gasteiger partial charge in [0.2, 0.25) is 0 Å². The van der Waals surface area contributed by atoms with Crippen LogP contribution in [0, 0.1) is 0 Å². The van der Waals surface area contributed by atoms with E-state index in [4.69, 9.17) is 0 Å². The lowest BCUT2D eigenvalue weighted by Crippen LogP contribution is -2.55. The Morgan fingerprint density at radius 1 is 1.53 bits per heavy atom. The Bertz CT molecular complexity index is 280. The number of thiazole rings is 1. The number of hydrogen-bond donors (Lipinski definition) is 1. The van der Waals surface area contributed by atoms with Gasteiger partial charge in [0.1, 0.15) is 0 Å². The molecule has 0 aromatic carbocycles. The molecule has 4 heteroatoms. The monoisotopic (exact) mass is 227 g/mol. The smallest absolute Gasteiger partial charge is 0.0941 e. The zero-order valence-corrected chi connectivity index (χ0v) is 11.1. The van der Waals surface area contributed by atoms with Crippen LogP contribution in [-0.4, -0.2) is 42.6 Å². The minimum atomic E-state index is 0.125. The van der Waals surface area contributed by atoms with Gasteiger partial charge in [-0.15, -0.1) is 11.3 Å². The zero-order valence-electron chi connectivity index (χ0n) is 10.2. The van der Waals surface area contributed by atoms with Crippen LogP contribution in [-0.2, 0) is 6.42 Å². The van der Waals surface area contributed by atoms with Crippen LogP contribution in [0.1, 0.15) is 18.9 Å². The first kappa shape index (κ1) is 12.6. The van der Waals surface area contributed by atoms with E-state index in [-0.39, 0.29) is 5.54 Å². The lowest BCUT2D eigenvalue weighted by atomic mass is 9.91. The molecule has 0 aliphatic carbocycles. The molecule has 1 N–H and O–H groups in total. The molecule has 0 saturated carbocycles. The van der Waals surface area contributed by atoms with E-state index in [0.717, 1.165) is 6.42 Å². The Hall–Kier alpha value is -0.450. The van der Waals surface area contributed by atoms with Crippen LogP contribution in [0.15, 0.2) is 11.6 Å². The van der Waals surface area contributed by atoms with Crippen LogP contribution >= 0.6 is 11.3 Å². The summed E-state index contributed by atoms with van der Waals surface area (Å²) in [6.07, 6.45) is 2.86. The molecule has 3 nitrogen and oxygen atoms in total. The molecule has 0 aliphatic rings. The fourth-order valence-corrected chi connectivity index (χ4v) is 2.21. The van der Waals surface area contributed by atoms with Crippen molar-refractivity contribution in [3.63, 3.8) is 0 Å². The number of rotatable bonds is 5. The van der Waals surface area contributed by atoms with Crippen molar-refractivity contribution in [3.05, 3.63) is 16.6 Å². The molecular weight excluding hydrogens is 206 g/mol. The van der Waals surface area contributed by atoms with Crippen molar-refractivity contribution < 1.29 is 0 Å². The summed E-state index contributed by atoms with van der Waals surface area (Å²) in [4.78, 5) is 6.59. The Balaban J connectivity index is 2.71. The molecule has 1 rings (SSSR count). The minimum Gasteiger partial charge on any atom is -0.315 e. The van der Waals surface area contributed by atoms with Crippen molar-refractivity contribution in [2.24, 2.45) is 0 Å². The van der Waals surface area contributed by atoms with E-state index in [2.05, 4.69) is 43.1 Å². The summed E-state index contributed by atoms with van der Waals surface area (Å²) < 4.78 is 0. The molecule has 1 heterocycles. The molecule has 0 spiro atoms. The van der Waals surface area contributed by atoms with Gasteiger partial charge in [0.25, 0.3) is 0 Å². The molecule has 0 radical (unpaired) electrons. The lowest BCUT2D eigenvalue weighted by molar-refractivity contribution is 0.141. The van der Waals surface area contributed by atoms with Crippen LogP contribution in [0.2, 0.25) is 0 Å². The molecule has 15 heavy (non-hydrogen) atoms. The average Bonchev–Trinajstić information content (AvgIpc) is 2.65. The summed E-state index contributed by atoms with van der Waals surface area (Å²) >= 11 is 1.72. The Labute approximate surface area is 96.5 Å². The Kier molecular flexibility index (Phi) is 4.25. The number of likely N-dealkylation sites (N-methyl/N-ethyl adjacent to an activating group) is 2. The highest BCUT2D eigenvalue weighted by molar-refractivity contribution is 7.09. The van der Waals surface area contributed by atoms with Gasteiger partial charge in [-0.05, 0) is 35.0 Å². The van der Waals surface area contributed by atoms with E-state index in [1.54, 1.807) is 11.3 Å². The second-order valence-corrected chi connectivity index (χ2v) is 5.50. The molecule has 0 amide bonds. The molecule has 0 aliphatic heterocycles. The summed E-state index contributed by atoms with van der Waals surface area (Å²) in [5, 5.41) is 6.62. The van der Waals surface area contributed by atoms with Gasteiger partial charge in [0, 0.05) is 29.6 Å². The van der Waals surface area contributed by atoms with Crippen molar-refractivity contribution in [1.82, 2.24) is 15.2 Å². The zero-order chi connectivity index (χ0) is 11.5. The van der Waals surface area contributed by atoms with E-state index >= 15 is 0 Å². The topological polar surface area (TPSA) is 28.2 Å². The highest BCUT2D eigenvalue weighted by Gasteiger charge is 2.30. The maximum Gasteiger partial charge on any atom is 0.0941 e. The van der Waals surface area contributed by atoms with Crippen LogP contribution in [0.25, 0.3) is 0 Å². The second-order valence-electron chi connectivity index (χ2n) is 4.52. The summed E-state index contributed by atoms with van der Waals surface area (Å²) in [6, 6.07) is 0.415. The summed E-state index contributed by atoms with van der Waals surface area (Å²) in [5.74, 6) is 0. The fraction of sp³-hybridized carbons (Fsp3) is 0.727. The molecule has 0 bridgehead atoms. The highest BCUT2D eigenvalue weighted by atomic mass is 32.1. The first-order valence-corrected chi connectivity index (χ1v) is 6.09. The first-order chi connectivity index (χ1) is 6.98.